The Balaban J connectivity index is 1.61. The summed E-state index contributed by atoms with van der Waals surface area (Å²) in [7, 11) is 0. The molecule has 2 amide bonds. The lowest BCUT2D eigenvalue weighted by molar-refractivity contribution is -0.127. The van der Waals surface area contributed by atoms with Crippen molar-refractivity contribution in [2.75, 3.05) is 4.90 Å². The minimum Gasteiger partial charge on any atom is -0.351 e. The van der Waals surface area contributed by atoms with Crippen LogP contribution in [-0.2, 0) is 16.0 Å². The molecule has 178 valence electrons. The first-order valence-corrected chi connectivity index (χ1v) is 13.1. The van der Waals surface area contributed by atoms with Crippen molar-refractivity contribution in [1.29, 1.82) is 0 Å². The second-order valence-electron chi connectivity index (χ2n) is 9.02. The minimum absolute atomic E-state index is 0.127. The molecule has 1 aliphatic carbocycles. The van der Waals surface area contributed by atoms with Crippen LogP contribution in [0.15, 0.2) is 84.4 Å². The van der Waals surface area contributed by atoms with Crippen LogP contribution in [0.1, 0.15) is 48.7 Å². The fourth-order valence-electron chi connectivity index (χ4n) is 4.93. The average molecular weight is 484 g/mol. The van der Waals surface area contributed by atoms with E-state index in [-0.39, 0.29) is 24.3 Å². The van der Waals surface area contributed by atoms with Crippen molar-refractivity contribution in [3.05, 3.63) is 94.9 Å². The molecule has 0 unspecified atom stereocenters. The third kappa shape index (κ3) is 5.28. The molecule has 5 nitrogen and oxygen atoms in total. The van der Waals surface area contributed by atoms with Crippen molar-refractivity contribution in [1.82, 2.24) is 10.3 Å². The number of aromatic nitrogens is 1. The SMILES string of the molecule is O=C(NC1CCCCC1)[C@H](c1ccccn1)N(C(=O)Cc1cccs1)c1cccc2ccccc12. The van der Waals surface area contributed by atoms with Crippen molar-refractivity contribution < 1.29 is 9.59 Å². The van der Waals surface area contributed by atoms with Gasteiger partial charge in [-0.1, -0.05) is 67.8 Å². The Kier molecular flexibility index (Phi) is 7.19. The van der Waals surface area contributed by atoms with Crippen molar-refractivity contribution in [3.8, 4) is 0 Å². The van der Waals surface area contributed by atoms with Crippen molar-refractivity contribution in [2.45, 2.75) is 50.6 Å². The summed E-state index contributed by atoms with van der Waals surface area (Å²) in [5.74, 6) is -0.304. The topological polar surface area (TPSA) is 62.3 Å². The fraction of sp³-hybridized carbons (Fsp3) is 0.276. The average Bonchev–Trinajstić information content (AvgIpc) is 3.41. The Labute approximate surface area is 209 Å². The van der Waals surface area contributed by atoms with Gasteiger partial charge in [0.2, 0.25) is 11.8 Å². The first-order valence-electron chi connectivity index (χ1n) is 12.2. The van der Waals surface area contributed by atoms with E-state index in [2.05, 4.69) is 10.3 Å². The van der Waals surface area contributed by atoms with Gasteiger partial charge in [-0.05, 0) is 47.9 Å². The van der Waals surface area contributed by atoms with Gasteiger partial charge in [0.1, 0.15) is 0 Å². The number of carbonyl (C=O) groups excluding carboxylic acids is 2. The van der Waals surface area contributed by atoms with Gasteiger partial charge < -0.3 is 5.32 Å². The van der Waals surface area contributed by atoms with Crippen LogP contribution in [0.3, 0.4) is 0 Å². The van der Waals surface area contributed by atoms with Crippen molar-refractivity contribution >= 4 is 39.6 Å². The highest BCUT2D eigenvalue weighted by molar-refractivity contribution is 7.10. The number of pyridine rings is 1. The zero-order valence-corrected chi connectivity index (χ0v) is 20.4. The maximum atomic E-state index is 14.0. The first kappa shape index (κ1) is 23.2. The molecule has 1 aliphatic rings. The highest BCUT2D eigenvalue weighted by Gasteiger charge is 2.35. The van der Waals surface area contributed by atoms with Gasteiger partial charge >= 0.3 is 0 Å². The number of hydrogen-bond acceptors (Lipinski definition) is 4. The smallest absolute Gasteiger partial charge is 0.249 e. The maximum Gasteiger partial charge on any atom is 0.249 e. The Hall–Kier alpha value is -3.51. The molecule has 0 radical (unpaired) electrons. The molecule has 35 heavy (non-hydrogen) atoms. The molecular formula is C29H29N3O2S. The zero-order chi connectivity index (χ0) is 24.0. The third-order valence-electron chi connectivity index (χ3n) is 6.63. The van der Waals surface area contributed by atoms with E-state index in [1.165, 1.54) is 6.42 Å². The number of carbonyl (C=O) groups is 2. The molecular weight excluding hydrogens is 454 g/mol. The largest absolute Gasteiger partial charge is 0.351 e. The molecule has 1 atom stereocenters. The van der Waals surface area contributed by atoms with E-state index in [0.717, 1.165) is 47.0 Å². The number of hydrogen-bond donors (Lipinski definition) is 1. The number of fused-ring (bicyclic) bond motifs is 1. The van der Waals surface area contributed by atoms with E-state index in [9.17, 15) is 9.59 Å². The van der Waals surface area contributed by atoms with Gasteiger partial charge in [0, 0.05) is 22.5 Å². The first-order chi connectivity index (χ1) is 17.2. The quantitative estimate of drug-likeness (QED) is 0.347. The predicted octanol–water partition coefficient (Wildman–Crippen LogP) is 6.06. The summed E-state index contributed by atoms with van der Waals surface area (Å²) in [6, 6.07) is 22.6. The lowest BCUT2D eigenvalue weighted by atomic mass is 9.95. The number of nitrogens with zero attached hydrogens (tertiary/aromatic N) is 2. The van der Waals surface area contributed by atoms with E-state index >= 15 is 0 Å². The molecule has 2 aromatic heterocycles. The molecule has 1 fully saturated rings. The van der Waals surface area contributed by atoms with Gasteiger partial charge in [-0.3, -0.25) is 19.5 Å². The van der Waals surface area contributed by atoms with E-state index < -0.39 is 6.04 Å². The van der Waals surface area contributed by atoms with Crippen LogP contribution in [0.2, 0.25) is 0 Å². The lowest BCUT2D eigenvalue weighted by Gasteiger charge is -2.33. The van der Waals surface area contributed by atoms with Crippen LogP contribution in [0, 0.1) is 0 Å². The lowest BCUT2D eigenvalue weighted by Crippen LogP contribution is -2.48. The van der Waals surface area contributed by atoms with Gasteiger partial charge in [-0.2, -0.15) is 0 Å². The molecule has 0 saturated heterocycles. The van der Waals surface area contributed by atoms with Gasteiger partial charge in [0.05, 0.1) is 17.8 Å². The van der Waals surface area contributed by atoms with Crippen LogP contribution in [-0.4, -0.2) is 22.8 Å². The second kappa shape index (κ2) is 10.8. The van der Waals surface area contributed by atoms with E-state index in [1.807, 2.05) is 78.2 Å². The number of thiophene rings is 1. The maximum absolute atomic E-state index is 14.0. The minimum atomic E-state index is -0.864. The van der Waals surface area contributed by atoms with Gasteiger partial charge in [0.25, 0.3) is 0 Å². The summed E-state index contributed by atoms with van der Waals surface area (Å²) < 4.78 is 0. The van der Waals surface area contributed by atoms with Crippen LogP contribution in [0.4, 0.5) is 5.69 Å². The molecule has 0 bridgehead atoms. The number of rotatable bonds is 7. The van der Waals surface area contributed by atoms with Crippen molar-refractivity contribution in [2.24, 2.45) is 0 Å². The number of benzene rings is 2. The summed E-state index contributed by atoms with van der Waals surface area (Å²) in [6.07, 6.45) is 7.28. The van der Waals surface area contributed by atoms with E-state index in [1.54, 1.807) is 22.4 Å². The summed E-state index contributed by atoms with van der Waals surface area (Å²) >= 11 is 1.55. The molecule has 1 N–H and O–H groups in total. The number of nitrogens with one attached hydrogen (secondary N) is 1. The summed E-state index contributed by atoms with van der Waals surface area (Å²) in [5.41, 5.74) is 1.28. The number of anilines is 1. The molecule has 2 aromatic carbocycles. The normalized spacial score (nSPS) is 15.0. The molecule has 0 aliphatic heterocycles. The van der Waals surface area contributed by atoms with Gasteiger partial charge in [0.15, 0.2) is 6.04 Å². The molecule has 5 rings (SSSR count). The predicted molar refractivity (Wildman–Crippen MR) is 141 cm³/mol. The van der Waals surface area contributed by atoms with Crippen LogP contribution in [0.25, 0.3) is 10.8 Å². The van der Waals surface area contributed by atoms with Gasteiger partial charge in [-0.15, -0.1) is 11.3 Å². The highest BCUT2D eigenvalue weighted by atomic mass is 32.1. The molecule has 2 heterocycles. The standard InChI is InChI=1S/C29H29N3O2S/c33-27(20-23-14-9-19-35-23)32(26-17-8-11-21-10-4-5-15-24(21)26)28(25-16-6-7-18-30-25)29(34)31-22-12-2-1-3-13-22/h4-11,14-19,22,28H,1-3,12-13,20H2,(H,31,34)/t28-/m0/s1. The highest BCUT2D eigenvalue weighted by Crippen LogP contribution is 2.34. The molecule has 1 saturated carbocycles. The second-order valence-corrected chi connectivity index (χ2v) is 10.1. The molecule has 6 heteroatoms. The van der Waals surface area contributed by atoms with Crippen LogP contribution in [0.5, 0.6) is 0 Å². The Bertz CT molecular complexity index is 1280. The summed E-state index contributed by atoms with van der Waals surface area (Å²) in [5, 5.41) is 7.18. The molecule has 4 aromatic rings. The fourth-order valence-corrected chi connectivity index (χ4v) is 5.63. The van der Waals surface area contributed by atoms with E-state index in [0.29, 0.717) is 5.69 Å². The van der Waals surface area contributed by atoms with Crippen molar-refractivity contribution in [3.63, 3.8) is 0 Å². The Morgan fingerprint density at radius 3 is 2.51 bits per heavy atom. The molecule has 0 spiro atoms. The van der Waals surface area contributed by atoms with Crippen LogP contribution < -0.4 is 10.2 Å². The zero-order valence-electron chi connectivity index (χ0n) is 19.6. The summed E-state index contributed by atoms with van der Waals surface area (Å²) in [6.45, 7) is 0. The number of amides is 2. The van der Waals surface area contributed by atoms with Crippen LogP contribution >= 0.6 is 11.3 Å². The Morgan fingerprint density at radius 2 is 1.74 bits per heavy atom. The monoisotopic (exact) mass is 483 g/mol. The summed E-state index contributed by atoms with van der Waals surface area (Å²) in [4.78, 5) is 35.1. The van der Waals surface area contributed by atoms with Gasteiger partial charge in [-0.25, -0.2) is 0 Å². The third-order valence-corrected chi connectivity index (χ3v) is 7.50. The Morgan fingerprint density at radius 1 is 0.943 bits per heavy atom. The van der Waals surface area contributed by atoms with E-state index in [4.69, 9.17) is 0 Å².